The summed E-state index contributed by atoms with van der Waals surface area (Å²) in [5.41, 5.74) is -0.156. The molecule has 0 amide bonds. The van der Waals surface area contributed by atoms with Crippen LogP contribution in [0, 0.1) is 0 Å². The van der Waals surface area contributed by atoms with Crippen LogP contribution in [0.3, 0.4) is 0 Å². The van der Waals surface area contributed by atoms with Crippen LogP contribution in [0.4, 0.5) is 0 Å². The third-order valence-electron chi connectivity index (χ3n) is 3.16. The number of hydrogen-bond donors (Lipinski definition) is 3. The monoisotopic (exact) mass is 352 g/mol. The fraction of sp³-hybridized carbons (Fsp3) is 0.462. The van der Waals surface area contributed by atoms with Crippen molar-refractivity contribution in [3.05, 3.63) is 27.7 Å². The van der Waals surface area contributed by atoms with Crippen LogP contribution in [0.1, 0.15) is 10.4 Å². The molecule has 0 aromatic heterocycles. The van der Waals surface area contributed by atoms with Crippen molar-refractivity contribution >= 4 is 29.2 Å². The maximum absolute atomic E-state index is 12.3. The van der Waals surface area contributed by atoms with Crippen LogP contribution in [0.2, 0.25) is 10.0 Å². The molecule has 0 unspecified atom stereocenters. The van der Waals surface area contributed by atoms with Gasteiger partial charge in [0.1, 0.15) is 17.8 Å². The number of benzene rings is 1. The first-order chi connectivity index (χ1) is 10.4. The van der Waals surface area contributed by atoms with Gasteiger partial charge in [0.25, 0.3) is 0 Å². The van der Waals surface area contributed by atoms with Gasteiger partial charge in [0.2, 0.25) is 0 Å². The lowest BCUT2D eigenvalue weighted by atomic mass is 10.1. The molecule has 9 heteroatoms. The molecule has 7 nitrogen and oxygen atoms in total. The quantitative estimate of drug-likeness (QED) is 0.684. The van der Waals surface area contributed by atoms with Gasteiger partial charge < -0.3 is 29.5 Å². The summed E-state index contributed by atoms with van der Waals surface area (Å²) in [6.07, 6.45) is -5.85. The zero-order valence-corrected chi connectivity index (χ0v) is 12.9. The predicted octanol–water partition coefficient (Wildman–Crippen LogP) is 0.598. The molecule has 3 N–H and O–H groups in total. The first-order valence-electron chi connectivity index (χ1n) is 6.25. The fourth-order valence-electron chi connectivity index (χ4n) is 2.01. The minimum Gasteiger partial charge on any atom is -0.494 e. The van der Waals surface area contributed by atoms with E-state index in [2.05, 4.69) is 0 Å². The molecule has 0 radical (unpaired) electrons. The number of carbonyl (C=O) groups is 1. The van der Waals surface area contributed by atoms with Crippen LogP contribution >= 0.6 is 23.2 Å². The largest absolute Gasteiger partial charge is 0.494 e. The summed E-state index contributed by atoms with van der Waals surface area (Å²) >= 11 is 11.9. The van der Waals surface area contributed by atoms with Gasteiger partial charge in [-0.2, -0.15) is 0 Å². The highest BCUT2D eigenvalue weighted by Gasteiger charge is 2.41. The van der Waals surface area contributed by atoms with E-state index < -0.39 is 30.6 Å². The van der Waals surface area contributed by atoms with E-state index >= 15 is 0 Å². The van der Waals surface area contributed by atoms with Gasteiger partial charge >= 0.3 is 5.97 Å². The van der Waals surface area contributed by atoms with Crippen molar-refractivity contribution < 1.29 is 34.3 Å². The molecule has 22 heavy (non-hydrogen) atoms. The lowest BCUT2D eigenvalue weighted by Gasteiger charge is -2.34. The van der Waals surface area contributed by atoms with Crippen molar-refractivity contribution in [3.8, 4) is 5.75 Å². The second kappa shape index (κ2) is 6.99. The molecule has 1 heterocycles. The van der Waals surface area contributed by atoms with E-state index in [1.807, 2.05) is 0 Å². The van der Waals surface area contributed by atoms with Gasteiger partial charge in [-0.15, -0.1) is 0 Å². The molecule has 122 valence electrons. The Kier molecular flexibility index (Phi) is 5.49. The molecule has 1 saturated heterocycles. The lowest BCUT2D eigenvalue weighted by molar-refractivity contribution is -0.251. The second-order valence-corrected chi connectivity index (χ2v) is 5.40. The molecule has 4 atom stereocenters. The van der Waals surface area contributed by atoms with Gasteiger partial charge in [-0.3, -0.25) is 0 Å². The Morgan fingerprint density at radius 1 is 1.27 bits per heavy atom. The van der Waals surface area contributed by atoms with E-state index in [1.165, 1.54) is 19.2 Å². The first kappa shape index (κ1) is 17.3. The fourth-order valence-corrected chi connectivity index (χ4v) is 2.47. The van der Waals surface area contributed by atoms with Crippen LogP contribution in [0.25, 0.3) is 0 Å². The minimum absolute atomic E-state index is 0.000391. The normalized spacial score (nSPS) is 28.3. The molecule has 1 aliphatic rings. The zero-order valence-electron chi connectivity index (χ0n) is 11.4. The highest BCUT2D eigenvalue weighted by Crippen LogP contribution is 2.35. The number of methoxy groups -OCH3 is 1. The van der Waals surface area contributed by atoms with E-state index in [4.69, 9.17) is 37.4 Å². The van der Waals surface area contributed by atoms with Gasteiger partial charge in [-0.05, 0) is 12.1 Å². The topological polar surface area (TPSA) is 105 Å². The average molecular weight is 353 g/mol. The summed E-state index contributed by atoms with van der Waals surface area (Å²) < 4.78 is 14.8. The Labute approximate surface area is 135 Å². The van der Waals surface area contributed by atoms with Crippen LogP contribution in [-0.2, 0) is 9.47 Å². The summed E-state index contributed by atoms with van der Waals surface area (Å²) in [6, 6.07) is 2.82. The maximum Gasteiger partial charge on any atom is 0.344 e. The van der Waals surface area contributed by atoms with Crippen molar-refractivity contribution in [1.29, 1.82) is 0 Å². The Morgan fingerprint density at radius 3 is 2.55 bits per heavy atom. The Morgan fingerprint density at radius 2 is 1.91 bits per heavy atom. The summed E-state index contributed by atoms with van der Waals surface area (Å²) in [5, 5.41) is 29.1. The SMILES string of the molecule is COc1c(Cl)ccc(Cl)c1C(=O)O[C@@H]1[C@@H](O)[C@@H](O)CO[C@H]1O. The van der Waals surface area contributed by atoms with Gasteiger partial charge in [-0.1, -0.05) is 23.2 Å². The Balaban J connectivity index is 2.27. The van der Waals surface area contributed by atoms with E-state index in [-0.39, 0.29) is 28.0 Å². The molecular weight excluding hydrogens is 339 g/mol. The van der Waals surface area contributed by atoms with Crippen LogP contribution in [0.5, 0.6) is 5.75 Å². The molecule has 1 fully saturated rings. The van der Waals surface area contributed by atoms with E-state index in [1.54, 1.807) is 0 Å². The smallest absolute Gasteiger partial charge is 0.344 e. The first-order valence-corrected chi connectivity index (χ1v) is 7.01. The molecule has 0 saturated carbocycles. The number of hydrogen-bond acceptors (Lipinski definition) is 7. The number of rotatable bonds is 3. The Bertz CT molecular complexity index is 566. The number of ether oxygens (including phenoxy) is 3. The molecule has 1 aliphatic heterocycles. The molecule has 1 aromatic rings. The standard InChI is InChI=1S/C13H14Cl2O7/c1-20-10-6(15)3-2-5(14)8(10)12(18)22-11-9(17)7(16)4-21-13(11)19/h2-3,7,9,11,13,16-17,19H,4H2,1H3/t7-,9-,11+,13+/m0/s1. The third-order valence-corrected chi connectivity index (χ3v) is 3.77. The van der Waals surface area contributed by atoms with E-state index in [0.717, 1.165) is 0 Å². The van der Waals surface area contributed by atoms with Crippen LogP contribution in [-0.4, -0.2) is 59.6 Å². The average Bonchev–Trinajstić information content (AvgIpc) is 2.49. The van der Waals surface area contributed by atoms with Crippen molar-refractivity contribution in [2.45, 2.75) is 24.6 Å². The molecule has 1 aromatic carbocycles. The molecule has 0 aliphatic carbocycles. The van der Waals surface area contributed by atoms with Gasteiger partial charge in [-0.25, -0.2) is 4.79 Å². The molecule has 0 bridgehead atoms. The number of esters is 1. The van der Waals surface area contributed by atoms with Crippen molar-refractivity contribution in [3.63, 3.8) is 0 Å². The van der Waals surface area contributed by atoms with Gasteiger partial charge in [0, 0.05) is 0 Å². The second-order valence-electron chi connectivity index (χ2n) is 4.59. The van der Waals surface area contributed by atoms with Crippen molar-refractivity contribution in [2.75, 3.05) is 13.7 Å². The zero-order chi connectivity index (χ0) is 16.4. The molecular formula is C13H14Cl2O7. The van der Waals surface area contributed by atoms with Crippen molar-refractivity contribution in [1.82, 2.24) is 0 Å². The van der Waals surface area contributed by atoms with Crippen LogP contribution in [0.15, 0.2) is 12.1 Å². The number of aliphatic hydroxyl groups is 3. The number of halogens is 2. The van der Waals surface area contributed by atoms with Crippen molar-refractivity contribution in [2.24, 2.45) is 0 Å². The third kappa shape index (κ3) is 3.29. The van der Waals surface area contributed by atoms with E-state index in [9.17, 15) is 20.1 Å². The predicted molar refractivity (Wildman–Crippen MR) is 76.2 cm³/mol. The summed E-state index contributed by atoms with van der Waals surface area (Å²) in [5.74, 6) is -0.981. The highest BCUT2D eigenvalue weighted by atomic mass is 35.5. The molecule has 2 rings (SSSR count). The van der Waals surface area contributed by atoms with Crippen LogP contribution < -0.4 is 4.74 Å². The number of aliphatic hydroxyl groups excluding tert-OH is 3. The lowest BCUT2D eigenvalue weighted by Crippen LogP contribution is -2.54. The minimum atomic E-state index is -1.58. The van der Waals surface area contributed by atoms with Gasteiger partial charge in [0.15, 0.2) is 18.1 Å². The summed E-state index contributed by atoms with van der Waals surface area (Å²) in [7, 11) is 1.30. The highest BCUT2D eigenvalue weighted by molar-refractivity contribution is 6.37. The van der Waals surface area contributed by atoms with E-state index in [0.29, 0.717) is 0 Å². The van der Waals surface area contributed by atoms with Gasteiger partial charge in [0.05, 0.1) is 23.8 Å². The maximum atomic E-state index is 12.3. The summed E-state index contributed by atoms with van der Waals surface area (Å²) in [6.45, 7) is -0.280. The summed E-state index contributed by atoms with van der Waals surface area (Å²) in [4.78, 5) is 12.3. The Hall–Kier alpha value is -1.09. The number of carbonyl (C=O) groups excluding carboxylic acids is 1. The molecule has 0 spiro atoms.